The third kappa shape index (κ3) is 5.91. The second kappa shape index (κ2) is 9.52. The Balaban J connectivity index is 1.50. The minimum absolute atomic E-state index is 0.00218. The van der Waals surface area contributed by atoms with Crippen molar-refractivity contribution in [3.05, 3.63) is 59.1 Å². The molecule has 1 aliphatic rings. The first-order valence-electron chi connectivity index (χ1n) is 9.54. The Morgan fingerprint density at radius 1 is 1.22 bits per heavy atom. The molecule has 3 nitrogen and oxygen atoms in total. The van der Waals surface area contributed by atoms with Gasteiger partial charge in [-0.3, -0.25) is 4.79 Å². The van der Waals surface area contributed by atoms with E-state index in [-0.39, 0.29) is 11.9 Å². The minimum Gasteiger partial charge on any atom is -0.371 e. The van der Waals surface area contributed by atoms with E-state index in [2.05, 4.69) is 41.4 Å². The molecule has 1 saturated heterocycles. The largest absolute Gasteiger partial charge is 0.371 e. The van der Waals surface area contributed by atoms with Crippen molar-refractivity contribution in [2.75, 3.05) is 23.7 Å². The molecule has 1 amide bonds. The van der Waals surface area contributed by atoms with Gasteiger partial charge < -0.3 is 10.2 Å². The molecule has 0 radical (unpaired) electrons. The molecule has 0 saturated carbocycles. The third-order valence-corrected chi connectivity index (χ3v) is 6.24. The lowest BCUT2D eigenvalue weighted by molar-refractivity contribution is -0.119. The highest BCUT2D eigenvalue weighted by molar-refractivity contribution is 8.00. The number of amides is 1. The number of hydrogen-bond acceptors (Lipinski definition) is 3. The summed E-state index contributed by atoms with van der Waals surface area (Å²) in [5.74, 6) is 1.20. The van der Waals surface area contributed by atoms with E-state index >= 15 is 0 Å². The summed E-state index contributed by atoms with van der Waals surface area (Å²) in [7, 11) is 0. The Kier molecular flexibility index (Phi) is 7.08. The summed E-state index contributed by atoms with van der Waals surface area (Å²) in [6.45, 7) is 6.62. The summed E-state index contributed by atoms with van der Waals surface area (Å²) in [5.41, 5.74) is 2.41. The second-order valence-electron chi connectivity index (χ2n) is 7.32. The summed E-state index contributed by atoms with van der Waals surface area (Å²) in [5, 5.41) is 3.79. The van der Waals surface area contributed by atoms with Gasteiger partial charge in [0.15, 0.2) is 0 Å². The molecule has 0 aliphatic carbocycles. The maximum Gasteiger partial charge on any atom is 0.230 e. The fourth-order valence-electron chi connectivity index (χ4n) is 3.44. The van der Waals surface area contributed by atoms with Crippen LogP contribution in [-0.4, -0.2) is 24.7 Å². The molecule has 1 heterocycles. The summed E-state index contributed by atoms with van der Waals surface area (Å²) >= 11 is 7.41. The van der Waals surface area contributed by atoms with Crippen LogP contribution >= 0.6 is 23.4 Å². The number of nitrogens with one attached hydrogen (secondary N) is 1. The zero-order valence-electron chi connectivity index (χ0n) is 16.0. The molecule has 5 heteroatoms. The van der Waals surface area contributed by atoms with Gasteiger partial charge in [-0.2, -0.15) is 0 Å². The lowest BCUT2D eigenvalue weighted by Crippen LogP contribution is -2.34. The zero-order chi connectivity index (χ0) is 19.2. The molecule has 0 unspecified atom stereocenters. The number of nitrogens with zero attached hydrogens (tertiary/aromatic N) is 1. The molecule has 2 aromatic rings. The molecule has 0 aromatic heterocycles. The molecular formula is C22H27ClN2OS. The van der Waals surface area contributed by atoms with Crippen molar-refractivity contribution in [1.82, 2.24) is 5.32 Å². The van der Waals surface area contributed by atoms with Crippen LogP contribution in [0.25, 0.3) is 0 Å². The van der Waals surface area contributed by atoms with Crippen LogP contribution in [-0.2, 0) is 4.79 Å². The van der Waals surface area contributed by atoms with E-state index in [4.69, 9.17) is 11.6 Å². The Bertz CT molecular complexity index is 748. The predicted molar refractivity (Wildman–Crippen MR) is 116 cm³/mol. The molecule has 27 heavy (non-hydrogen) atoms. The van der Waals surface area contributed by atoms with Gasteiger partial charge in [0, 0.05) is 28.7 Å². The second-order valence-corrected chi connectivity index (χ2v) is 8.80. The van der Waals surface area contributed by atoms with E-state index in [0.717, 1.165) is 29.5 Å². The standard InChI is InChI=1S/C22H27ClN2OS/c1-16-4-3-13-25(14-16)20-9-5-18(6-10-20)17(2)24-22(26)15-27-21-11-7-19(23)8-12-21/h5-12,16-17H,3-4,13-15H2,1-2H3,(H,24,26)/t16-,17-/m1/s1. The molecule has 1 N–H and O–H groups in total. The first kappa shape index (κ1) is 20.1. The average molecular weight is 403 g/mol. The topological polar surface area (TPSA) is 32.3 Å². The van der Waals surface area contributed by atoms with E-state index < -0.39 is 0 Å². The lowest BCUT2D eigenvalue weighted by Gasteiger charge is -2.33. The van der Waals surface area contributed by atoms with Gasteiger partial charge in [0.25, 0.3) is 0 Å². The van der Waals surface area contributed by atoms with Gasteiger partial charge in [-0.25, -0.2) is 0 Å². The van der Waals surface area contributed by atoms with Crippen molar-refractivity contribution in [2.24, 2.45) is 5.92 Å². The van der Waals surface area contributed by atoms with Crippen LogP contribution in [0.5, 0.6) is 0 Å². The number of carbonyl (C=O) groups is 1. The van der Waals surface area contributed by atoms with Gasteiger partial charge in [0.1, 0.15) is 0 Å². The molecule has 0 spiro atoms. The number of piperidine rings is 1. The lowest BCUT2D eigenvalue weighted by atomic mass is 9.99. The van der Waals surface area contributed by atoms with Crippen LogP contribution in [0.1, 0.15) is 38.3 Å². The van der Waals surface area contributed by atoms with Gasteiger partial charge >= 0.3 is 0 Å². The molecule has 2 aromatic carbocycles. The van der Waals surface area contributed by atoms with Crippen molar-refractivity contribution in [1.29, 1.82) is 0 Å². The van der Waals surface area contributed by atoms with Crippen molar-refractivity contribution >= 4 is 35.0 Å². The van der Waals surface area contributed by atoms with Crippen molar-refractivity contribution in [3.8, 4) is 0 Å². The Labute approximate surface area is 171 Å². The van der Waals surface area contributed by atoms with Crippen LogP contribution in [0.15, 0.2) is 53.4 Å². The number of rotatable bonds is 6. The molecule has 144 valence electrons. The number of thioether (sulfide) groups is 1. The summed E-state index contributed by atoms with van der Waals surface area (Å²) < 4.78 is 0. The molecule has 3 rings (SSSR count). The van der Waals surface area contributed by atoms with Crippen LogP contribution in [0.4, 0.5) is 5.69 Å². The fourth-order valence-corrected chi connectivity index (χ4v) is 4.28. The van der Waals surface area contributed by atoms with Crippen LogP contribution < -0.4 is 10.2 Å². The quantitative estimate of drug-likeness (QED) is 0.643. The van der Waals surface area contributed by atoms with Crippen molar-refractivity contribution < 1.29 is 4.79 Å². The van der Waals surface area contributed by atoms with E-state index in [0.29, 0.717) is 10.8 Å². The average Bonchev–Trinajstić information content (AvgIpc) is 2.67. The summed E-state index contributed by atoms with van der Waals surface area (Å²) in [6, 6.07) is 16.2. The number of halogens is 1. The monoisotopic (exact) mass is 402 g/mol. The summed E-state index contributed by atoms with van der Waals surface area (Å²) in [6.07, 6.45) is 2.59. The van der Waals surface area contributed by atoms with Gasteiger partial charge in [0.05, 0.1) is 11.8 Å². The number of hydrogen-bond donors (Lipinski definition) is 1. The first-order chi connectivity index (χ1) is 13.0. The number of carbonyl (C=O) groups excluding carboxylic acids is 1. The third-order valence-electron chi connectivity index (χ3n) is 4.98. The maximum atomic E-state index is 12.3. The highest BCUT2D eigenvalue weighted by atomic mass is 35.5. The highest BCUT2D eigenvalue weighted by Crippen LogP contribution is 2.25. The normalized spacial score (nSPS) is 18.2. The zero-order valence-corrected chi connectivity index (χ0v) is 17.5. The highest BCUT2D eigenvalue weighted by Gasteiger charge is 2.17. The van der Waals surface area contributed by atoms with Crippen molar-refractivity contribution in [2.45, 2.75) is 37.6 Å². The number of anilines is 1. The molecule has 1 fully saturated rings. The molecule has 0 bridgehead atoms. The predicted octanol–water partition coefficient (Wildman–Crippen LogP) is 5.55. The Morgan fingerprint density at radius 3 is 2.59 bits per heavy atom. The van der Waals surface area contributed by atoms with Gasteiger partial charge in [-0.15, -0.1) is 11.8 Å². The number of benzene rings is 2. The van der Waals surface area contributed by atoms with Gasteiger partial charge in [-0.05, 0) is 67.6 Å². The minimum atomic E-state index is -0.00218. The van der Waals surface area contributed by atoms with E-state index in [9.17, 15) is 4.79 Å². The molecule has 1 aliphatic heterocycles. The maximum absolute atomic E-state index is 12.3. The van der Waals surface area contributed by atoms with E-state index in [1.54, 1.807) is 0 Å². The molecule has 2 atom stereocenters. The first-order valence-corrected chi connectivity index (χ1v) is 10.9. The van der Waals surface area contributed by atoms with Gasteiger partial charge in [0.2, 0.25) is 5.91 Å². The SMILES string of the molecule is C[C@@H]1CCCN(c2ccc([C@@H](C)NC(=O)CSc3ccc(Cl)cc3)cc2)C1. The smallest absolute Gasteiger partial charge is 0.230 e. The fraction of sp³-hybridized carbons (Fsp3) is 0.409. The van der Waals surface area contributed by atoms with Crippen LogP contribution in [0, 0.1) is 5.92 Å². The van der Waals surface area contributed by atoms with E-state index in [1.807, 2.05) is 31.2 Å². The summed E-state index contributed by atoms with van der Waals surface area (Å²) in [4.78, 5) is 15.8. The van der Waals surface area contributed by atoms with Gasteiger partial charge in [-0.1, -0.05) is 30.7 Å². The molecular weight excluding hydrogens is 376 g/mol. The van der Waals surface area contributed by atoms with Crippen molar-refractivity contribution in [3.63, 3.8) is 0 Å². The Hall–Kier alpha value is -1.65. The Morgan fingerprint density at radius 2 is 1.93 bits per heavy atom. The van der Waals surface area contributed by atoms with Crippen LogP contribution in [0.3, 0.4) is 0 Å². The van der Waals surface area contributed by atoms with Crippen LogP contribution in [0.2, 0.25) is 5.02 Å². The van der Waals surface area contributed by atoms with E-state index in [1.165, 1.54) is 30.3 Å².